The van der Waals surface area contributed by atoms with Crippen LogP contribution in [0.2, 0.25) is 0 Å². The normalized spacial score (nSPS) is 13.5. The average Bonchev–Trinajstić information content (AvgIpc) is 2.77. The van der Waals surface area contributed by atoms with Gasteiger partial charge in [-0.1, -0.05) is 0 Å². The van der Waals surface area contributed by atoms with E-state index >= 15 is 0 Å². The molecule has 0 saturated carbocycles. The molecule has 3 heterocycles. The summed E-state index contributed by atoms with van der Waals surface area (Å²) in [4.78, 5) is 8.48. The first-order valence-electron chi connectivity index (χ1n) is 7.70. The number of rotatable bonds is 1. The van der Waals surface area contributed by atoms with E-state index in [1.165, 1.54) is 0 Å². The third kappa shape index (κ3) is 2.10. The van der Waals surface area contributed by atoms with Crippen molar-refractivity contribution in [1.82, 2.24) is 9.55 Å². The van der Waals surface area contributed by atoms with Crippen LogP contribution in [0.3, 0.4) is 0 Å². The number of hydrogen-bond acceptors (Lipinski definition) is 5. The number of aromatic nitrogens is 2. The largest absolute Gasteiger partial charge is 0.505 e. The Labute approximate surface area is 138 Å². The Bertz CT molecular complexity index is 1010. The molecule has 1 aliphatic rings. The van der Waals surface area contributed by atoms with E-state index in [0.717, 1.165) is 36.2 Å². The van der Waals surface area contributed by atoms with E-state index in [9.17, 15) is 10.4 Å². The first-order chi connectivity index (χ1) is 11.7. The number of aliphatic imine (C=N–C) groups is 1. The molecular weight excluding hydrogens is 302 g/mol. The van der Waals surface area contributed by atoms with Gasteiger partial charge < -0.3 is 15.4 Å². The number of benzene rings is 1. The molecule has 2 aromatic heterocycles. The Morgan fingerprint density at radius 2 is 2.17 bits per heavy atom. The molecule has 0 saturated heterocycles. The van der Waals surface area contributed by atoms with Gasteiger partial charge in [0, 0.05) is 42.0 Å². The Balaban J connectivity index is 2.11. The zero-order valence-corrected chi connectivity index (χ0v) is 12.9. The number of nitrogen functional groups attached to an aromatic ring is 1. The fourth-order valence-electron chi connectivity index (χ4n) is 3.18. The van der Waals surface area contributed by atoms with Gasteiger partial charge in [-0.05, 0) is 30.7 Å². The molecule has 1 aromatic carbocycles. The van der Waals surface area contributed by atoms with Crippen LogP contribution in [-0.2, 0) is 6.54 Å². The second kappa shape index (κ2) is 5.39. The molecule has 6 heteroatoms. The second-order valence-electron chi connectivity index (χ2n) is 5.78. The minimum absolute atomic E-state index is 0.164. The van der Waals surface area contributed by atoms with E-state index < -0.39 is 0 Å². The molecule has 0 bridgehead atoms. The second-order valence-corrected chi connectivity index (χ2v) is 5.78. The summed E-state index contributed by atoms with van der Waals surface area (Å²) in [5.74, 6) is 0.604. The fourth-order valence-corrected chi connectivity index (χ4v) is 3.18. The summed E-state index contributed by atoms with van der Waals surface area (Å²) in [6.07, 6.45) is 4.29. The van der Waals surface area contributed by atoms with Crippen molar-refractivity contribution < 1.29 is 5.11 Å². The smallest absolute Gasteiger partial charge is 0.150 e. The number of anilines is 1. The molecule has 0 spiro atoms. The van der Waals surface area contributed by atoms with Crippen molar-refractivity contribution in [2.45, 2.75) is 13.0 Å². The quantitative estimate of drug-likeness (QED) is 0.720. The Morgan fingerprint density at radius 3 is 2.92 bits per heavy atom. The molecule has 0 amide bonds. The van der Waals surface area contributed by atoms with Gasteiger partial charge in [0.1, 0.15) is 17.3 Å². The predicted molar refractivity (Wildman–Crippen MR) is 93.0 cm³/mol. The van der Waals surface area contributed by atoms with E-state index in [1.807, 2.05) is 12.1 Å². The molecule has 0 unspecified atom stereocenters. The van der Waals surface area contributed by atoms with Gasteiger partial charge in [-0.3, -0.25) is 4.99 Å². The van der Waals surface area contributed by atoms with Crippen LogP contribution in [0.5, 0.6) is 5.75 Å². The summed E-state index contributed by atoms with van der Waals surface area (Å²) in [5, 5.41) is 20.6. The van der Waals surface area contributed by atoms with E-state index in [4.69, 9.17) is 5.73 Å². The van der Waals surface area contributed by atoms with Gasteiger partial charge in [-0.15, -0.1) is 0 Å². The number of aryl methyl sites for hydroxylation is 1. The SMILES string of the molecule is N#Cc1cc(-c2ccc(N)nc2)c2c(c1)c(O)c1n2CCCN=C1. The van der Waals surface area contributed by atoms with Crippen LogP contribution in [0.1, 0.15) is 17.7 Å². The first-order valence-corrected chi connectivity index (χ1v) is 7.70. The Hall–Kier alpha value is -3.33. The van der Waals surface area contributed by atoms with Crippen LogP contribution in [0.15, 0.2) is 35.5 Å². The van der Waals surface area contributed by atoms with E-state index in [2.05, 4.69) is 20.6 Å². The summed E-state index contributed by atoms with van der Waals surface area (Å²) >= 11 is 0. The molecule has 3 aromatic rings. The topological polar surface area (TPSA) is 100 Å². The Morgan fingerprint density at radius 1 is 1.29 bits per heavy atom. The van der Waals surface area contributed by atoms with Crippen molar-refractivity contribution in [2.75, 3.05) is 12.3 Å². The number of pyridine rings is 1. The van der Waals surface area contributed by atoms with Gasteiger partial charge >= 0.3 is 0 Å². The van der Waals surface area contributed by atoms with Crippen LogP contribution >= 0.6 is 0 Å². The minimum Gasteiger partial charge on any atom is -0.505 e. The number of nitrogens with two attached hydrogens (primary N) is 1. The summed E-state index contributed by atoms with van der Waals surface area (Å²) in [6, 6.07) is 9.31. The molecular formula is C18H15N5O. The Kier molecular flexibility index (Phi) is 3.21. The van der Waals surface area contributed by atoms with Crippen molar-refractivity contribution >= 4 is 22.9 Å². The lowest BCUT2D eigenvalue weighted by Crippen LogP contribution is -2.02. The molecule has 4 rings (SSSR count). The number of nitriles is 1. The van der Waals surface area contributed by atoms with Crippen LogP contribution in [-0.4, -0.2) is 27.4 Å². The molecule has 0 fully saturated rings. The summed E-state index contributed by atoms with van der Waals surface area (Å²) < 4.78 is 2.06. The van der Waals surface area contributed by atoms with Crippen molar-refractivity contribution in [2.24, 2.45) is 4.99 Å². The number of nitrogens with zero attached hydrogens (tertiary/aromatic N) is 4. The lowest BCUT2D eigenvalue weighted by Gasteiger charge is -2.10. The fraction of sp³-hybridized carbons (Fsp3) is 0.167. The highest BCUT2D eigenvalue weighted by atomic mass is 16.3. The zero-order chi connectivity index (χ0) is 16.7. The summed E-state index contributed by atoms with van der Waals surface area (Å²) in [6.45, 7) is 1.49. The highest BCUT2D eigenvalue weighted by Crippen LogP contribution is 2.39. The van der Waals surface area contributed by atoms with Crippen LogP contribution in [0, 0.1) is 11.3 Å². The number of aromatic hydroxyl groups is 1. The molecule has 0 aliphatic carbocycles. The standard InChI is InChI=1S/C18H15N5O/c19-8-11-6-13(12-2-3-16(20)22-9-12)17-14(7-11)18(24)15-10-21-4-1-5-23(15)17/h2-3,6-7,9-10,24H,1,4-5H2,(H2,20,22). The van der Waals surface area contributed by atoms with E-state index in [-0.39, 0.29) is 5.75 Å². The van der Waals surface area contributed by atoms with Crippen LogP contribution in [0.25, 0.3) is 22.0 Å². The van der Waals surface area contributed by atoms with Gasteiger partial charge in [0.15, 0.2) is 0 Å². The lowest BCUT2D eigenvalue weighted by atomic mass is 10.0. The third-order valence-electron chi connectivity index (χ3n) is 4.28. The van der Waals surface area contributed by atoms with E-state index in [0.29, 0.717) is 22.5 Å². The van der Waals surface area contributed by atoms with Crippen molar-refractivity contribution in [1.29, 1.82) is 5.26 Å². The van der Waals surface area contributed by atoms with Gasteiger partial charge in [-0.2, -0.15) is 5.26 Å². The van der Waals surface area contributed by atoms with E-state index in [1.54, 1.807) is 24.5 Å². The molecule has 118 valence electrons. The van der Waals surface area contributed by atoms with Gasteiger partial charge in [0.25, 0.3) is 0 Å². The van der Waals surface area contributed by atoms with Crippen molar-refractivity contribution in [3.05, 3.63) is 41.7 Å². The summed E-state index contributed by atoms with van der Waals surface area (Å²) in [7, 11) is 0. The lowest BCUT2D eigenvalue weighted by molar-refractivity contribution is 0.477. The molecule has 24 heavy (non-hydrogen) atoms. The molecule has 3 N–H and O–H groups in total. The highest BCUT2D eigenvalue weighted by Gasteiger charge is 2.21. The van der Waals surface area contributed by atoms with Crippen molar-refractivity contribution in [3.63, 3.8) is 0 Å². The average molecular weight is 317 g/mol. The minimum atomic E-state index is 0.164. The van der Waals surface area contributed by atoms with Crippen LogP contribution < -0.4 is 5.73 Å². The number of hydrogen-bond donors (Lipinski definition) is 2. The zero-order valence-electron chi connectivity index (χ0n) is 12.9. The highest BCUT2D eigenvalue weighted by molar-refractivity contribution is 6.04. The molecule has 0 radical (unpaired) electrons. The molecule has 0 atom stereocenters. The predicted octanol–water partition coefficient (Wildman–Crippen LogP) is 2.69. The summed E-state index contributed by atoms with van der Waals surface area (Å²) in [5.41, 5.74) is 9.45. The van der Waals surface area contributed by atoms with Gasteiger partial charge in [0.2, 0.25) is 0 Å². The monoisotopic (exact) mass is 317 g/mol. The first kappa shape index (κ1) is 14.3. The third-order valence-corrected chi connectivity index (χ3v) is 4.28. The maximum absolute atomic E-state index is 10.6. The molecule has 1 aliphatic heterocycles. The number of fused-ring (bicyclic) bond motifs is 3. The molecule has 6 nitrogen and oxygen atoms in total. The van der Waals surface area contributed by atoms with Gasteiger partial charge in [-0.25, -0.2) is 4.98 Å². The maximum atomic E-state index is 10.6. The van der Waals surface area contributed by atoms with Gasteiger partial charge in [0.05, 0.1) is 17.1 Å². The van der Waals surface area contributed by atoms with Crippen molar-refractivity contribution in [3.8, 4) is 22.9 Å². The maximum Gasteiger partial charge on any atom is 0.150 e. The van der Waals surface area contributed by atoms with Crippen LogP contribution in [0.4, 0.5) is 5.82 Å².